The molecule has 0 amide bonds. The van der Waals surface area contributed by atoms with Crippen LogP contribution in [0.2, 0.25) is 0 Å². The van der Waals surface area contributed by atoms with Crippen molar-refractivity contribution in [1.82, 2.24) is 0 Å². The minimum atomic E-state index is -0.803. The molecule has 0 aromatic rings. The van der Waals surface area contributed by atoms with Crippen LogP contribution in [0.15, 0.2) is 122 Å². The van der Waals surface area contributed by atoms with Gasteiger partial charge >= 0.3 is 17.9 Å². The lowest BCUT2D eigenvalue weighted by Crippen LogP contribution is -2.30. The summed E-state index contributed by atoms with van der Waals surface area (Å²) in [5, 5.41) is 0. The van der Waals surface area contributed by atoms with Gasteiger partial charge in [-0.3, -0.25) is 14.4 Å². The average Bonchev–Trinajstić information content (AvgIpc) is 3.41. The van der Waals surface area contributed by atoms with Crippen molar-refractivity contribution in [2.45, 2.75) is 284 Å². The van der Waals surface area contributed by atoms with E-state index in [9.17, 15) is 14.4 Å². The Bertz CT molecular complexity index is 1570. The lowest BCUT2D eigenvalue weighted by Gasteiger charge is -2.18. The van der Waals surface area contributed by atoms with Gasteiger partial charge in [0, 0.05) is 19.3 Å². The second-order valence-electron chi connectivity index (χ2n) is 20.2. The van der Waals surface area contributed by atoms with Crippen molar-refractivity contribution in [2.75, 3.05) is 13.2 Å². The summed E-state index contributed by atoms with van der Waals surface area (Å²) in [6.45, 7) is 6.39. The fourth-order valence-electron chi connectivity index (χ4n) is 8.38. The molecule has 426 valence electrons. The lowest BCUT2D eigenvalue weighted by atomic mass is 10.0. The van der Waals surface area contributed by atoms with Crippen LogP contribution in [-0.4, -0.2) is 37.2 Å². The van der Waals surface area contributed by atoms with Gasteiger partial charge < -0.3 is 14.2 Å². The molecule has 0 heterocycles. The first-order chi connectivity index (χ1) is 37.0. The van der Waals surface area contributed by atoms with Gasteiger partial charge in [0.2, 0.25) is 0 Å². The molecule has 0 aromatic heterocycles. The fraction of sp³-hybridized carbons (Fsp3) is 0.667. The molecular weight excluding hydrogens is 925 g/mol. The first-order valence-electron chi connectivity index (χ1n) is 31.0. The number of allylic oxidation sites excluding steroid dienone is 20. The first kappa shape index (κ1) is 70.8. The average molecular weight is 1040 g/mol. The van der Waals surface area contributed by atoms with Gasteiger partial charge in [0.05, 0.1) is 0 Å². The third-order valence-electron chi connectivity index (χ3n) is 13.0. The lowest BCUT2D eigenvalue weighted by molar-refractivity contribution is -0.167. The SMILES string of the molecule is CC/C=C\C/C=C\C/C=C\C/C=C\C/C=C\CCCCCCCCCC(=O)OCC(COC(=O)CCCCCCCCCCCCCCCCC)OC(=O)CCCCC/C=C\C/C=C\C/C=C\C/C=C\C/C=C\CC. The van der Waals surface area contributed by atoms with Crippen LogP contribution in [0.1, 0.15) is 278 Å². The van der Waals surface area contributed by atoms with Crippen LogP contribution in [0.4, 0.5) is 0 Å². The molecule has 1 unspecified atom stereocenters. The number of carbonyl (C=O) groups excluding carboxylic acids is 3. The largest absolute Gasteiger partial charge is 0.462 e. The van der Waals surface area contributed by atoms with Crippen LogP contribution in [0.25, 0.3) is 0 Å². The summed E-state index contributed by atoms with van der Waals surface area (Å²) in [5.41, 5.74) is 0. The van der Waals surface area contributed by atoms with Gasteiger partial charge in [-0.1, -0.05) is 271 Å². The molecule has 75 heavy (non-hydrogen) atoms. The van der Waals surface area contributed by atoms with Crippen molar-refractivity contribution in [3.05, 3.63) is 122 Å². The maximum Gasteiger partial charge on any atom is 0.306 e. The first-order valence-corrected chi connectivity index (χ1v) is 31.0. The minimum Gasteiger partial charge on any atom is -0.462 e. The molecule has 0 saturated carbocycles. The molecule has 0 saturated heterocycles. The normalized spacial score (nSPS) is 12.9. The molecule has 0 radical (unpaired) electrons. The van der Waals surface area contributed by atoms with Gasteiger partial charge in [-0.25, -0.2) is 0 Å². The summed E-state index contributed by atoms with van der Waals surface area (Å²) in [6.07, 6.45) is 86.2. The van der Waals surface area contributed by atoms with Crippen molar-refractivity contribution in [1.29, 1.82) is 0 Å². The highest BCUT2D eigenvalue weighted by Crippen LogP contribution is 2.16. The molecule has 0 aliphatic rings. The molecule has 0 N–H and O–H groups in total. The Morgan fingerprint density at radius 3 is 0.827 bits per heavy atom. The zero-order valence-electron chi connectivity index (χ0n) is 48.8. The zero-order valence-corrected chi connectivity index (χ0v) is 48.8. The molecule has 0 aromatic carbocycles. The van der Waals surface area contributed by atoms with Crippen molar-refractivity contribution in [2.24, 2.45) is 0 Å². The van der Waals surface area contributed by atoms with Gasteiger partial charge in [-0.15, -0.1) is 0 Å². The van der Waals surface area contributed by atoms with Crippen LogP contribution in [0.5, 0.6) is 0 Å². The Morgan fingerprint density at radius 2 is 0.520 bits per heavy atom. The van der Waals surface area contributed by atoms with E-state index in [4.69, 9.17) is 14.2 Å². The Morgan fingerprint density at radius 1 is 0.280 bits per heavy atom. The highest BCUT2D eigenvalue weighted by Gasteiger charge is 2.19. The summed E-state index contributed by atoms with van der Waals surface area (Å²) in [6, 6.07) is 0. The number of hydrogen-bond acceptors (Lipinski definition) is 6. The molecule has 0 fully saturated rings. The minimum absolute atomic E-state index is 0.0955. The van der Waals surface area contributed by atoms with E-state index in [1.54, 1.807) is 0 Å². The standard InChI is InChI=1S/C69H114O6/c1-4-7-10-13-16-19-22-25-28-30-32-33-34-35-37-38-41-44-47-50-53-56-59-62-68(71)74-65-66(64-73-67(70)61-58-55-52-49-46-43-40-27-24-21-18-15-12-9-6-3)75-69(72)63-60-57-54-51-48-45-42-39-36-31-29-26-23-20-17-14-11-8-5-2/h7-8,10-11,16-17,19-20,25-26,28-29,32-33,35-37,39,45,48,66H,4-6,9,12-15,18,21-24,27,30-31,34,38,40-44,46-47,49-65H2,1-3H3/b10-7-,11-8-,19-16-,20-17-,28-25-,29-26-,33-32-,37-35-,39-36-,48-45-. The monoisotopic (exact) mass is 1040 g/mol. The number of rotatable bonds is 55. The quantitative estimate of drug-likeness (QED) is 0.0261. The molecule has 0 bridgehead atoms. The van der Waals surface area contributed by atoms with Gasteiger partial charge in [-0.2, -0.15) is 0 Å². The second kappa shape index (κ2) is 62.4. The van der Waals surface area contributed by atoms with Crippen molar-refractivity contribution in [3.8, 4) is 0 Å². The maximum atomic E-state index is 12.9. The maximum absolute atomic E-state index is 12.9. The highest BCUT2D eigenvalue weighted by atomic mass is 16.6. The molecular formula is C69H114O6. The van der Waals surface area contributed by atoms with Crippen LogP contribution in [0, 0.1) is 0 Å². The summed E-state index contributed by atoms with van der Waals surface area (Å²) < 4.78 is 16.9. The summed E-state index contributed by atoms with van der Waals surface area (Å²) >= 11 is 0. The van der Waals surface area contributed by atoms with E-state index in [0.717, 1.165) is 135 Å². The van der Waals surface area contributed by atoms with Gasteiger partial charge in [0.1, 0.15) is 13.2 Å². The Balaban J connectivity index is 4.46. The molecule has 6 nitrogen and oxygen atoms in total. The van der Waals surface area contributed by atoms with E-state index >= 15 is 0 Å². The second-order valence-corrected chi connectivity index (χ2v) is 20.2. The van der Waals surface area contributed by atoms with Crippen LogP contribution in [-0.2, 0) is 28.6 Å². The molecule has 0 aliphatic heterocycles. The molecule has 6 heteroatoms. The van der Waals surface area contributed by atoms with Crippen LogP contribution in [0.3, 0.4) is 0 Å². The number of esters is 3. The van der Waals surface area contributed by atoms with Crippen LogP contribution >= 0.6 is 0 Å². The van der Waals surface area contributed by atoms with Crippen LogP contribution < -0.4 is 0 Å². The summed E-state index contributed by atoms with van der Waals surface area (Å²) in [4.78, 5) is 38.3. The molecule has 1 atom stereocenters. The Kier molecular flexibility index (Phi) is 58.9. The van der Waals surface area contributed by atoms with E-state index in [1.807, 2.05) is 0 Å². The predicted octanol–water partition coefficient (Wildman–Crippen LogP) is 21.2. The predicted molar refractivity (Wildman–Crippen MR) is 325 cm³/mol. The van der Waals surface area contributed by atoms with Crippen molar-refractivity contribution in [3.63, 3.8) is 0 Å². The number of ether oxygens (including phenoxy) is 3. The van der Waals surface area contributed by atoms with Crippen molar-refractivity contribution < 1.29 is 28.6 Å². The number of unbranched alkanes of at least 4 members (excludes halogenated alkanes) is 24. The van der Waals surface area contributed by atoms with E-state index in [1.165, 1.54) is 103 Å². The van der Waals surface area contributed by atoms with Gasteiger partial charge in [0.25, 0.3) is 0 Å². The van der Waals surface area contributed by atoms with Gasteiger partial charge in [0.15, 0.2) is 6.10 Å². The Hall–Kier alpha value is -4.19. The third kappa shape index (κ3) is 60.6. The highest BCUT2D eigenvalue weighted by molar-refractivity contribution is 5.71. The van der Waals surface area contributed by atoms with E-state index in [2.05, 4.69) is 142 Å². The van der Waals surface area contributed by atoms with E-state index in [-0.39, 0.29) is 37.5 Å². The molecule has 0 rings (SSSR count). The zero-order chi connectivity index (χ0) is 54.3. The van der Waals surface area contributed by atoms with E-state index < -0.39 is 6.10 Å². The molecule has 0 spiro atoms. The van der Waals surface area contributed by atoms with E-state index in [0.29, 0.717) is 12.8 Å². The number of hydrogen-bond donors (Lipinski definition) is 0. The topological polar surface area (TPSA) is 78.9 Å². The van der Waals surface area contributed by atoms with Gasteiger partial charge in [-0.05, 0) is 109 Å². The Labute approximate surface area is 462 Å². The van der Waals surface area contributed by atoms with Crippen molar-refractivity contribution >= 4 is 17.9 Å². The number of carbonyl (C=O) groups is 3. The molecule has 0 aliphatic carbocycles. The summed E-state index contributed by atoms with van der Waals surface area (Å²) in [7, 11) is 0. The summed E-state index contributed by atoms with van der Waals surface area (Å²) in [5.74, 6) is -0.934. The smallest absolute Gasteiger partial charge is 0.306 e. The fourth-order valence-corrected chi connectivity index (χ4v) is 8.38. The third-order valence-corrected chi connectivity index (χ3v) is 13.0.